The van der Waals surface area contributed by atoms with Gasteiger partial charge in [-0.3, -0.25) is 0 Å². The molecule has 0 aliphatic heterocycles. The van der Waals surface area contributed by atoms with Gasteiger partial charge in [0.2, 0.25) is 0 Å². The van der Waals surface area contributed by atoms with Crippen LogP contribution in [-0.2, 0) is 6.54 Å². The summed E-state index contributed by atoms with van der Waals surface area (Å²) in [7, 11) is 0. The Morgan fingerprint density at radius 2 is 2.10 bits per heavy atom. The van der Waals surface area contributed by atoms with E-state index in [0.29, 0.717) is 11.0 Å². The maximum absolute atomic E-state index is 12.6. The zero-order valence-electron chi connectivity index (χ0n) is 11.9. The van der Waals surface area contributed by atoms with E-state index in [1.54, 1.807) is 12.1 Å². The molecule has 2 N–H and O–H groups in total. The summed E-state index contributed by atoms with van der Waals surface area (Å²) in [5, 5.41) is 5.68. The van der Waals surface area contributed by atoms with Crippen LogP contribution in [0.5, 0.6) is 0 Å². The predicted octanol–water partition coefficient (Wildman–Crippen LogP) is 3.76. The number of rotatable bonds is 4. The summed E-state index contributed by atoms with van der Waals surface area (Å²) in [5.41, 5.74) is 1.21. The van der Waals surface area contributed by atoms with Crippen molar-refractivity contribution in [1.29, 1.82) is 0 Å². The van der Waals surface area contributed by atoms with E-state index in [-0.39, 0.29) is 24.2 Å². The molecule has 0 heterocycles. The Labute approximate surface area is 123 Å². The molecule has 5 heteroatoms. The fraction of sp³-hybridized carbons (Fsp3) is 0.562. The summed E-state index contributed by atoms with van der Waals surface area (Å²) in [6.45, 7) is 0.268. The van der Waals surface area contributed by atoms with Crippen molar-refractivity contribution in [2.24, 2.45) is 5.41 Å². The van der Waals surface area contributed by atoms with E-state index < -0.39 is 6.43 Å². The van der Waals surface area contributed by atoms with Gasteiger partial charge < -0.3 is 10.6 Å². The Bertz CT molecular complexity index is 521. The second kappa shape index (κ2) is 5.62. The van der Waals surface area contributed by atoms with Gasteiger partial charge in [-0.05, 0) is 42.7 Å². The van der Waals surface area contributed by atoms with Gasteiger partial charge in [0.05, 0.1) is 0 Å². The lowest BCUT2D eigenvalue weighted by molar-refractivity contribution is 0.00225. The van der Waals surface area contributed by atoms with Crippen LogP contribution in [0.3, 0.4) is 0 Å². The van der Waals surface area contributed by atoms with Gasteiger partial charge in [-0.1, -0.05) is 24.6 Å². The molecule has 114 valence electrons. The van der Waals surface area contributed by atoms with Crippen molar-refractivity contribution >= 4 is 6.03 Å². The summed E-state index contributed by atoms with van der Waals surface area (Å²) in [4.78, 5) is 11.8. The Balaban J connectivity index is 1.42. The second-order valence-electron chi connectivity index (χ2n) is 6.33. The molecular formula is C16H20F2N2O. The van der Waals surface area contributed by atoms with Gasteiger partial charge in [-0.2, -0.15) is 0 Å². The van der Waals surface area contributed by atoms with Gasteiger partial charge in [-0.15, -0.1) is 0 Å². The first-order valence-corrected chi connectivity index (χ1v) is 7.48. The predicted molar refractivity (Wildman–Crippen MR) is 76.1 cm³/mol. The smallest absolute Gasteiger partial charge is 0.315 e. The number of hydrogen-bond donors (Lipinski definition) is 2. The molecule has 0 atom stereocenters. The number of urea groups is 1. The summed E-state index contributed by atoms with van der Waals surface area (Å²) < 4.78 is 25.2. The molecule has 0 radical (unpaired) electrons. The zero-order valence-corrected chi connectivity index (χ0v) is 11.9. The van der Waals surface area contributed by atoms with Crippen LogP contribution in [0.15, 0.2) is 24.3 Å². The van der Waals surface area contributed by atoms with E-state index in [4.69, 9.17) is 0 Å². The van der Waals surface area contributed by atoms with Crippen LogP contribution in [0.25, 0.3) is 0 Å². The average molecular weight is 294 g/mol. The van der Waals surface area contributed by atoms with Crippen molar-refractivity contribution in [3.63, 3.8) is 0 Å². The standard InChI is InChI=1S/C16H20F2N2O/c17-14(18)12-4-1-3-11(7-12)10-19-15(21)20-13-8-16(9-13)5-2-6-16/h1,3-4,7,13-14H,2,5-6,8-10H2,(H2,19,20,21). The highest BCUT2D eigenvalue weighted by Crippen LogP contribution is 2.55. The van der Waals surface area contributed by atoms with E-state index in [1.165, 1.54) is 31.4 Å². The highest BCUT2D eigenvalue weighted by molar-refractivity contribution is 5.74. The molecule has 2 aliphatic carbocycles. The van der Waals surface area contributed by atoms with Crippen LogP contribution < -0.4 is 10.6 Å². The number of benzene rings is 1. The molecule has 0 aromatic heterocycles. The van der Waals surface area contributed by atoms with Crippen molar-refractivity contribution < 1.29 is 13.6 Å². The Hall–Kier alpha value is -1.65. The summed E-state index contributed by atoms with van der Waals surface area (Å²) in [6.07, 6.45) is 3.61. The molecule has 2 aliphatic rings. The molecule has 0 unspecified atom stereocenters. The normalized spacial score (nSPS) is 20.0. The molecule has 3 nitrogen and oxygen atoms in total. The van der Waals surface area contributed by atoms with Crippen molar-refractivity contribution in [1.82, 2.24) is 10.6 Å². The largest absolute Gasteiger partial charge is 0.335 e. The van der Waals surface area contributed by atoms with Crippen LogP contribution in [0.2, 0.25) is 0 Å². The minimum Gasteiger partial charge on any atom is -0.335 e. The van der Waals surface area contributed by atoms with Gasteiger partial charge in [0.25, 0.3) is 6.43 Å². The maximum atomic E-state index is 12.6. The molecule has 1 spiro atoms. The number of hydrogen-bond acceptors (Lipinski definition) is 1. The lowest BCUT2D eigenvalue weighted by atomic mass is 9.54. The van der Waals surface area contributed by atoms with Crippen LogP contribution in [-0.4, -0.2) is 12.1 Å². The number of carbonyl (C=O) groups is 1. The van der Waals surface area contributed by atoms with Crippen molar-refractivity contribution in [2.45, 2.75) is 51.1 Å². The van der Waals surface area contributed by atoms with Crippen LogP contribution in [0.1, 0.15) is 49.7 Å². The Morgan fingerprint density at radius 3 is 2.71 bits per heavy atom. The van der Waals surface area contributed by atoms with Crippen LogP contribution in [0.4, 0.5) is 13.6 Å². The number of carbonyl (C=O) groups excluding carboxylic acids is 1. The van der Waals surface area contributed by atoms with Crippen molar-refractivity contribution in [3.8, 4) is 0 Å². The minimum absolute atomic E-state index is 0.0133. The summed E-state index contributed by atoms with van der Waals surface area (Å²) >= 11 is 0. The molecule has 3 rings (SSSR count). The van der Waals surface area contributed by atoms with E-state index in [0.717, 1.165) is 12.8 Å². The third-order valence-electron chi connectivity index (χ3n) is 4.76. The molecule has 2 amide bonds. The summed E-state index contributed by atoms with van der Waals surface area (Å²) in [6, 6.07) is 6.20. The van der Waals surface area contributed by atoms with E-state index in [1.807, 2.05) is 0 Å². The first kappa shape index (κ1) is 14.3. The quantitative estimate of drug-likeness (QED) is 0.872. The number of amides is 2. The maximum Gasteiger partial charge on any atom is 0.315 e. The summed E-state index contributed by atoms with van der Waals surface area (Å²) in [5.74, 6) is 0. The molecule has 21 heavy (non-hydrogen) atoms. The molecule has 2 fully saturated rings. The Kier molecular flexibility index (Phi) is 3.83. The lowest BCUT2D eigenvalue weighted by Crippen LogP contribution is -2.55. The second-order valence-corrected chi connectivity index (χ2v) is 6.33. The van der Waals surface area contributed by atoms with E-state index in [9.17, 15) is 13.6 Å². The molecule has 0 saturated heterocycles. The topological polar surface area (TPSA) is 41.1 Å². The zero-order chi connectivity index (χ0) is 14.9. The fourth-order valence-electron chi connectivity index (χ4n) is 3.43. The highest BCUT2D eigenvalue weighted by Gasteiger charge is 2.48. The first-order valence-electron chi connectivity index (χ1n) is 7.48. The SMILES string of the molecule is O=C(NCc1cccc(C(F)F)c1)NC1CC2(CCC2)C1. The average Bonchev–Trinajstić information content (AvgIpc) is 2.38. The molecule has 0 bridgehead atoms. The van der Waals surface area contributed by atoms with Gasteiger partial charge in [0.1, 0.15) is 0 Å². The number of halogens is 2. The highest BCUT2D eigenvalue weighted by atomic mass is 19.3. The van der Waals surface area contributed by atoms with Crippen molar-refractivity contribution in [2.75, 3.05) is 0 Å². The molecule has 1 aromatic rings. The monoisotopic (exact) mass is 294 g/mol. The van der Waals surface area contributed by atoms with E-state index in [2.05, 4.69) is 10.6 Å². The third-order valence-corrected chi connectivity index (χ3v) is 4.76. The van der Waals surface area contributed by atoms with Crippen LogP contribution >= 0.6 is 0 Å². The van der Waals surface area contributed by atoms with Gasteiger partial charge in [-0.25, -0.2) is 13.6 Å². The minimum atomic E-state index is -2.48. The molecule has 2 saturated carbocycles. The van der Waals surface area contributed by atoms with E-state index >= 15 is 0 Å². The van der Waals surface area contributed by atoms with Crippen molar-refractivity contribution in [3.05, 3.63) is 35.4 Å². The van der Waals surface area contributed by atoms with Gasteiger partial charge in [0.15, 0.2) is 0 Å². The van der Waals surface area contributed by atoms with Crippen LogP contribution in [0, 0.1) is 5.41 Å². The lowest BCUT2D eigenvalue weighted by Gasteiger charge is -2.54. The Morgan fingerprint density at radius 1 is 1.33 bits per heavy atom. The number of alkyl halides is 2. The molecular weight excluding hydrogens is 274 g/mol. The van der Waals surface area contributed by atoms with Gasteiger partial charge in [0, 0.05) is 18.2 Å². The fourth-order valence-corrected chi connectivity index (χ4v) is 3.43. The first-order chi connectivity index (χ1) is 10.1. The molecule has 1 aromatic carbocycles. The number of nitrogens with one attached hydrogen (secondary N) is 2. The van der Waals surface area contributed by atoms with Gasteiger partial charge >= 0.3 is 6.03 Å². The third kappa shape index (κ3) is 3.17.